The van der Waals surface area contributed by atoms with Gasteiger partial charge in [0.2, 0.25) is 0 Å². The van der Waals surface area contributed by atoms with Crippen LogP contribution in [0.25, 0.3) is 0 Å². The molecule has 0 aliphatic carbocycles. The lowest BCUT2D eigenvalue weighted by Gasteiger charge is -2.55. The van der Waals surface area contributed by atoms with Gasteiger partial charge < -0.3 is 9.47 Å². The molecule has 0 radical (unpaired) electrons. The lowest BCUT2D eigenvalue weighted by molar-refractivity contribution is -0.134. The first-order chi connectivity index (χ1) is 17.9. The van der Waals surface area contributed by atoms with Gasteiger partial charge >= 0.3 is 0 Å². The molecule has 10 heteroatoms. The number of rotatable bonds is 5. The van der Waals surface area contributed by atoms with Gasteiger partial charge in [0.05, 0.1) is 43.8 Å². The van der Waals surface area contributed by atoms with Crippen molar-refractivity contribution < 1.29 is 13.9 Å². The quantitative estimate of drug-likeness (QED) is 0.395. The van der Waals surface area contributed by atoms with Crippen molar-refractivity contribution in [3.8, 4) is 0 Å². The van der Waals surface area contributed by atoms with Crippen LogP contribution in [-0.4, -0.2) is 79.4 Å². The van der Waals surface area contributed by atoms with E-state index in [0.29, 0.717) is 6.61 Å². The van der Waals surface area contributed by atoms with Gasteiger partial charge in [-0.3, -0.25) is 9.80 Å². The third-order valence-corrected chi connectivity index (χ3v) is 9.21. The molecule has 4 heterocycles. The molecule has 0 spiro atoms. The molecule has 2 aromatic rings. The lowest BCUT2D eigenvalue weighted by atomic mass is 9.84. The maximum Gasteiger partial charge on any atom is 0.123 e. The van der Waals surface area contributed by atoms with E-state index in [-0.39, 0.29) is 35.1 Å². The minimum atomic E-state index is -0.217. The number of hydrogen-bond donors (Lipinski definition) is 0. The highest BCUT2D eigenvalue weighted by Crippen LogP contribution is 2.41. The number of benzene rings is 1. The molecule has 4 atom stereocenters. The van der Waals surface area contributed by atoms with E-state index in [4.69, 9.17) is 14.6 Å². The molecule has 2 fully saturated rings. The second kappa shape index (κ2) is 11.1. The van der Waals surface area contributed by atoms with E-state index in [1.807, 2.05) is 10.2 Å². The number of halogens is 1. The lowest BCUT2D eigenvalue weighted by Crippen LogP contribution is -2.62. The van der Waals surface area contributed by atoms with Crippen LogP contribution in [0.3, 0.4) is 0 Å². The number of morpholine rings is 1. The van der Waals surface area contributed by atoms with E-state index in [0.717, 1.165) is 62.4 Å². The molecule has 0 amide bonds. The van der Waals surface area contributed by atoms with E-state index in [9.17, 15) is 4.39 Å². The van der Waals surface area contributed by atoms with Gasteiger partial charge in [-0.25, -0.2) is 8.70 Å². The smallest absolute Gasteiger partial charge is 0.123 e. The Morgan fingerprint density at radius 3 is 2.45 bits per heavy atom. The molecule has 38 heavy (non-hydrogen) atoms. The van der Waals surface area contributed by atoms with Gasteiger partial charge in [0.25, 0.3) is 0 Å². The molecule has 1 aromatic carbocycles. The van der Waals surface area contributed by atoms with Crippen molar-refractivity contribution in [1.82, 2.24) is 23.3 Å². The summed E-state index contributed by atoms with van der Waals surface area (Å²) in [5, 5.41) is 5.90. The molecule has 5 rings (SSSR count). The molecule has 3 unspecified atom stereocenters. The summed E-state index contributed by atoms with van der Waals surface area (Å²) in [5.74, 6) is -0.217. The molecule has 1 aromatic heterocycles. The van der Waals surface area contributed by atoms with Crippen LogP contribution in [0.15, 0.2) is 24.4 Å². The van der Waals surface area contributed by atoms with Gasteiger partial charge in [0.15, 0.2) is 0 Å². The van der Waals surface area contributed by atoms with E-state index >= 15 is 0 Å². The van der Waals surface area contributed by atoms with Crippen molar-refractivity contribution in [3.05, 3.63) is 47.0 Å². The molecule has 210 valence electrons. The Hall–Kier alpha value is -1.06. The van der Waals surface area contributed by atoms with Gasteiger partial charge in [-0.15, -0.1) is 9.24 Å². The molecular weight excluding hydrogens is 520 g/mol. The molecule has 0 N–H and O–H groups in total. The fraction of sp³-hybridized carbons (Fsp3) is 0.679. The van der Waals surface area contributed by atoms with E-state index < -0.39 is 0 Å². The summed E-state index contributed by atoms with van der Waals surface area (Å²) in [6, 6.07) is 5.38. The first kappa shape index (κ1) is 28.5. The maximum absolute atomic E-state index is 14.4. The molecule has 3 aliphatic rings. The highest BCUT2D eigenvalue weighted by molar-refractivity contribution is 7.95. The van der Waals surface area contributed by atoms with Crippen LogP contribution in [0, 0.1) is 5.82 Å². The summed E-state index contributed by atoms with van der Waals surface area (Å²) in [6.07, 6.45) is 2.93. The van der Waals surface area contributed by atoms with Crippen molar-refractivity contribution in [3.63, 3.8) is 0 Å². The predicted octanol–water partition coefficient (Wildman–Crippen LogP) is 4.38. The highest BCUT2D eigenvalue weighted by Gasteiger charge is 2.46. The summed E-state index contributed by atoms with van der Waals surface area (Å²) >= 11 is 1.67. The fourth-order valence-electron chi connectivity index (χ4n) is 6.58. The number of hydrogen-bond acceptors (Lipinski definition) is 7. The summed E-state index contributed by atoms with van der Waals surface area (Å²) in [4.78, 5) is 5.10. The average molecular weight is 564 g/mol. The van der Waals surface area contributed by atoms with Crippen molar-refractivity contribution in [2.24, 2.45) is 0 Å². The van der Waals surface area contributed by atoms with E-state index in [1.165, 1.54) is 11.6 Å². The second-order valence-corrected chi connectivity index (χ2v) is 14.4. The minimum absolute atomic E-state index is 0.0911. The topological polar surface area (TPSA) is 46.0 Å². The van der Waals surface area contributed by atoms with Gasteiger partial charge in [-0.1, -0.05) is 6.07 Å². The highest BCUT2D eigenvalue weighted by atomic mass is 32.2. The molecule has 3 aliphatic heterocycles. The van der Waals surface area contributed by atoms with Crippen LogP contribution < -0.4 is 5.30 Å². The number of fused-ring (bicyclic) bond motifs is 1. The Morgan fingerprint density at radius 2 is 1.79 bits per heavy atom. The number of aromatic nitrogens is 2. The monoisotopic (exact) mass is 563 g/mol. The Bertz CT molecular complexity index is 1090. The van der Waals surface area contributed by atoms with E-state index in [1.54, 1.807) is 18.2 Å². The summed E-state index contributed by atoms with van der Waals surface area (Å²) in [5.41, 5.74) is 3.20. The number of ether oxygens (including phenoxy) is 2. The third kappa shape index (κ3) is 6.14. The third-order valence-electron chi connectivity index (χ3n) is 7.73. The van der Waals surface area contributed by atoms with Crippen LogP contribution in [0.1, 0.15) is 70.9 Å². The van der Waals surface area contributed by atoms with Gasteiger partial charge in [0, 0.05) is 61.1 Å². The largest absolute Gasteiger partial charge is 0.379 e. The zero-order valence-electron chi connectivity index (χ0n) is 23.6. The van der Waals surface area contributed by atoms with Gasteiger partial charge in [-0.05, 0) is 71.0 Å². The normalized spacial score (nSPS) is 25.8. The maximum atomic E-state index is 14.4. The Balaban J connectivity index is 1.36. The molecule has 0 saturated carbocycles. The predicted molar refractivity (Wildman–Crippen MR) is 155 cm³/mol. The van der Waals surface area contributed by atoms with E-state index in [2.05, 4.69) is 71.1 Å². The Labute approximate surface area is 233 Å². The minimum Gasteiger partial charge on any atom is -0.379 e. The summed E-state index contributed by atoms with van der Waals surface area (Å²) in [6.45, 7) is 19.4. The van der Waals surface area contributed by atoms with Gasteiger partial charge in [-0.2, -0.15) is 9.19 Å². The second-order valence-electron chi connectivity index (χ2n) is 12.7. The first-order valence-corrected chi connectivity index (χ1v) is 15.0. The molecule has 2 saturated heterocycles. The van der Waals surface area contributed by atoms with Gasteiger partial charge in [0.1, 0.15) is 5.82 Å². The van der Waals surface area contributed by atoms with Crippen LogP contribution in [-0.2, 0) is 22.6 Å². The Morgan fingerprint density at radius 1 is 1.08 bits per heavy atom. The van der Waals surface area contributed by atoms with Crippen LogP contribution >= 0.6 is 21.4 Å². The zero-order chi connectivity index (χ0) is 27.2. The Kier molecular flexibility index (Phi) is 8.30. The van der Waals surface area contributed by atoms with Crippen LogP contribution in [0.5, 0.6) is 0 Å². The standard InChI is InChI=1S/C28H43FN5O2PS/c1-27(2,3)34(28(4,5)6)24-14-21(18-36-26(24)22-13-20(29)7-8-25(22)37)31-15-19-16-33(30-23(19)17-31)38-32-9-11-35-12-10-32/h7-8,13,16,21,24,26H,9-12,14-15,17-18,37H2,1-6H3/t21?,24?,26-/m1/s1. The van der Waals surface area contributed by atoms with Crippen LogP contribution in [0.4, 0.5) is 4.39 Å². The average Bonchev–Trinajstić information content (AvgIpc) is 3.38. The molecule has 7 nitrogen and oxygen atoms in total. The molecular formula is C28H43FN5O2PS. The summed E-state index contributed by atoms with van der Waals surface area (Å²) < 4.78 is 30.9. The SMILES string of the molecule is CC(C)(C)N(C1CC(N2Cc3cn(SN4CCOCC4)nc3C2)CO[C@@H]1c1cc(F)ccc1P)C(C)(C)C. The van der Waals surface area contributed by atoms with Crippen molar-refractivity contribution >= 4 is 26.7 Å². The zero-order valence-corrected chi connectivity index (χ0v) is 25.6. The van der Waals surface area contributed by atoms with Crippen molar-refractivity contribution in [1.29, 1.82) is 0 Å². The number of nitrogens with zero attached hydrogens (tertiary/aromatic N) is 5. The van der Waals surface area contributed by atoms with Crippen molar-refractivity contribution in [2.45, 2.75) is 90.3 Å². The van der Waals surface area contributed by atoms with Crippen LogP contribution in [0.2, 0.25) is 0 Å². The summed E-state index contributed by atoms with van der Waals surface area (Å²) in [7, 11) is 2.78. The van der Waals surface area contributed by atoms with Crippen molar-refractivity contribution in [2.75, 3.05) is 32.9 Å². The fourth-order valence-corrected chi connectivity index (χ4v) is 7.78. The first-order valence-electron chi connectivity index (χ1n) is 13.7. The molecule has 0 bridgehead atoms.